The Morgan fingerprint density at radius 2 is 2.17 bits per heavy atom. The molecule has 0 amide bonds. The van der Waals surface area contributed by atoms with Gasteiger partial charge in [-0.05, 0) is 24.0 Å². The van der Waals surface area contributed by atoms with Crippen molar-refractivity contribution in [2.75, 3.05) is 0 Å². The molecular formula is C9H13NO2. The first-order chi connectivity index (χ1) is 5.74. The number of carboxylic acids is 1. The second kappa shape index (κ2) is 3.95. The van der Waals surface area contributed by atoms with Crippen LogP contribution in [-0.4, -0.2) is 16.1 Å². The topological polar surface area (TPSA) is 53.1 Å². The van der Waals surface area contributed by atoms with Crippen LogP contribution < -0.4 is 0 Å². The lowest BCUT2D eigenvalue weighted by Crippen LogP contribution is -1.98. The summed E-state index contributed by atoms with van der Waals surface area (Å²) in [5.41, 5.74) is 2.34. The van der Waals surface area contributed by atoms with Crippen molar-refractivity contribution < 1.29 is 9.90 Å². The number of aromatic amines is 1. The van der Waals surface area contributed by atoms with E-state index >= 15 is 0 Å². The van der Waals surface area contributed by atoms with Gasteiger partial charge in [0.15, 0.2) is 0 Å². The van der Waals surface area contributed by atoms with Gasteiger partial charge in [-0.2, -0.15) is 0 Å². The second-order valence-electron chi connectivity index (χ2n) is 2.75. The Labute approximate surface area is 71.4 Å². The normalized spacial score (nSPS) is 10.1. The summed E-state index contributed by atoms with van der Waals surface area (Å²) < 4.78 is 0. The van der Waals surface area contributed by atoms with Crippen molar-refractivity contribution in [3.05, 3.63) is 23.5 Å². The third-order valence-electron chi connectivity index (χ3n) is 1.92. The fraction of sp³-hybridized carbons (Fsp3) is 0.444. The molecule has 3 nitrogen and oxygen atoms in total. The number of aryl methyl sites for hydroxylation is 2. The Morgan fingerprint density at radius 1 is 1.50 bits per heavy atom. The summed E-state index contributed by atoms with van der Waals surface area (Å²) in [6.07, 6.45) is 5.60. The summed E-state index contributed by atoms with van der Waals surface area (Å²) >= 11 is 0. The second-order valence-corrected chi connectivity index (χ2v) is 2.75. The zero-order chi connectivity index (χ0) is 8.97. The highest BCUT2D eigenvalue weighted by atomic mass is 16.4. The maximum absolute atomic E-state index is 10.3. The van der Waals surface area contributed by atoms with Gasteiger partial charge in [-0.25, -0.2) is 0 Å². The molecular weight excluding hydrogens is 154 g/mol. The van der Waals surface area contributed by atoms with Gasteiger partial charge in [-0.15, -0.1) is 0 Å². The molecule has 0 aromatic carbocycles. The lowest BCUT2D eigenvalue weighted by molar-refractivity contribution is -0.136. The van der Waals surface area contributed by atoms with Gasteiger partial charge in [0.25, 0.3) is 0 Å². The van der Waals surface area contributed by atoms with Gasteiger partial charge in [0.2, 0.25) is 0 Å². The molecule has 0 radical (unpaired) electrons. The molecule has 0 bridgehead atoms. The Hall–Kier alpha value is -1.25. The average molecular weight is 167 g/mol. The largest absolute Gasteiger partial charge is 0.481 e. The summed E-state index contributed by atoms with van der Waals surface area (Å²) in [5, 5.41) is 8.47. The molecule has 0 unspecified atom stereocenters. The number of aliphatic carboxylic acids is 1. The number of carboxylic acid groups (broad SMARTS) is 1. The summed E-state index contributed by atoms with van der Waals surface area (Å²) in [5.74, 6) is -0.738. The van der Waals surface area contributed by atoms with Crippen LogP contribution in [0.2, 0.25) is 0 Å². The average Bonchev–Trinajstić information content (AvgIpc) is 2.47. The zero-order valence-corrected chi connectivity index (χ0v) is 7.13. The van der Waals surface area contributed by atoms with Gasteiger partial charge in [0.05, 0.1) is 0 Å². The first kappa shape index (κ1) is 8.84. The van der Waals surface area contributed by atoms with Crippen LogP contribution in [0.25, 0.3) is 0 Å². The Balaban J connectivity index is 2.56. The monoisotopic (exact) mass is 167 g/mol. The van der Waals surface area contributed by atoms with Gasteiger partial charge in [0.1, 0.15) is 0 Å². The smallest absolute Gasteiger partial charge is 0.303 e. The van der Waals surface area contributed by atoms with Crippen molar-refractivity contribution in [3.63, 3.8) is 0 Å². The van der Waals surface area contributed by atoms with Crippen molar-refractivity contribution in [1.29, 1.82) is 0 Å². The number of hydrogen-bond donors (Lipinski definition) is 2. The zero-order valence-electron chi connectivity index (χ0n) is 7.13. The predicted octanol–water partition coefficient (Wildman–Crippen LogP) is 1.59. The molecule has 0 atom stereocenters. The summed E-state index contributed by atoms with van der Waals surface area (Å²) in [6, 6.07) is 0. The summed E-state index contributed by atoms with van der Waals surface area (Å²) in [4.78, 5) is 13.3. The highest BCUT2D eigenvalue weighted by Gasteiger charge is 2.03. The SMILES string of the molecule is CCc1c[nH]cc1CCC(=O)O. The minimum Gasteiger partial charge on any atom is -0.481 e. The van der Waals surface area contributed by atoms with Crippen molar-refractivity contribution in [1.82, 2.24) is 4.98 Å². The van der Waals surface area contributed by atoms with Crippen LogP contribution in [0.15, 0.2) is 12.4 Å². The molecule has 1 aromatic rings. The first-order valence-electron chi connectivity index (χ1n) is 4.10. The van der Waals surface area contributed by atoms with E-state index in [1.807, 2.05) is 12.4 Å². The number of aromatic nitrogens is 1. The van der Waals surface area contributed by atoms with E-state index < -0.39 is 5.97 Å². The van der Waals surface area contributed by atoms with E-state index in [9.17, 15) is 4.79 Å². The highest BCUT2D eigenvalue weighted by molar-refractivity contribution is 5.67. The van der Waals surface area contributed by atoms with Gasteiger partial charge in [-0.1, -0.05) is 6.92 Å². The van der Waals surface area contributed by atoms with Crippen LogP contribution in [0, 0.1) is 0 Å². The molecule has 0 fully saturated rings. The van der Waals surface area contributed by atoms with Crippen molar-refractivity contribution in [2.24, 2.45) is 0 Å². The molecule has 0 aliphatic rings. The molecule has 12 heavy (non-hydrogen) atoms. The molecule has 2 N–H and O–H groups in total. The van der Waals surface area contributed by atoms with Gasteiger partial charge < -0.3 is 10.1 Å². The van der Waals surface area contributed by atoms with Gasteiger partial charge in [0, 0.05) is 18.8 Å². The molecule has 0 spiro atoms. The summed E-state index contributed by atoms with van der Waals surface area (Å²) in [6.45, 7) is 2.06. The van der Waals surface area contributed by atoms with Crippen LogP contribution in [-0.2, 0) is 17.6 Å². The molecule has 0 aliphatic carbocycles. The Morgan fingerprint density at radius 3 is 2.75 bits per heavy atom. The molecule has 0 aliphatic heterocycles. The molecule has 1 aromatic heterocycles. The van der Waals surface area contributed by atoms with E-state index in [4.69, 9.17) is 5.11 Å². The molecule has 1 rings (SSSR count). The Bertz CT molecular complexity index is 265. The predicted molar refractivity (Wildman–Crippen MR) is 46.1 cm³/mol. The molecule has 3 heteroatoms. The van der Waals surface area contributed by atoms with Crippen molar-refractivity contribution in [2.45, 2.75) is 26.2 Å². The highest BCUT2D eigenvalue weighted by Crippen LogP contribution is 2.10. The molecule has 0 saturated heterocycles. The van der Waals surface area contributed by atoms with E-state index in [0.717, 1.165) is 12.0 Å². The quantitative estimate of drug-likeness (QED) is 0.715. The minimum absolute atomic E-state index is 0.213. The van der Waals surface area contributed by atoms with Gasteiger partial charge in [-0.3, -0.25) is 4.79 Å². The van der Waals surface area contributed by atoms with Crippen LogP contribution in [0.1, 0.15) is 24.5 Å². The molecule has 1 heterocycles. The van der Waals surface area contributed by atoms with Crippen LogP contribution in [0.3, 0.4) is 0 Å². The van der Waals surface area contributed by atoms with Crippen molar-refractivity contribution >= 4 is 5.97 Å². The number of hydrogen-bond acceptors (Lipinski definition) is 1. The fourth-order valence-electron chi connectivity index (χ4n) is 1.23. The number of carbonyl (C=O) groups is 1. The molecule has 66 valence electrons. The van der Waals surface area contributed by atoms with Crippen LogP contribution >= 0.6 is 0 Å². The van der Waals surface area contributed by atoms with Crippen LogP contribution in [0.4, 0.5) is 0 Å². The first-order valence-corrected chi connectivity index (χ1v) is 4.10. The minimum atomic E-state index is -0.738. The number of rotatable bonds is 4. The maximum atomic E-state index is 10.3. The van der Waals surface area contributed by atoms with Gasteiger partial charge >= 0.3 is 5.97 Å². The molecule has 0 saturated carbocycles. The maximum Gasteiger partial charge on any atom is 0.303 e. The number of nitrogens with one attached hydrogen (secondary N) is 1. The third-order valence-corrected chi connectivity index (χ3v) is 1.92. The third kappa shape index (κ3) is 2.12. The fourth-order valence-corrected chi connectivity index (χ4v) is 1.23. The van der Waals surface area contributed by atoms with Crippen molar-refractivity contribution in [3.8, 4) is 0 Å². The van der Waals surface area contributed by atoms with E-state index in [2.05, 4.69) is 11.9 Å². The van der Waals surface area contributed by atoms with E-state index in [-0.39, 0.29) is 6.42 Å². The lowest BCUT2D eigenvalue weighted by atomic mass is 10.1. The van der Waals surface area contributed by atoms with E-state index in [1.54, 1.807) is 0 Å². The van der Waals surface area contributed by atoms with Crippen LogP contribution in [0.5, 0.6) is 0 Å². The van der Waals surface area contributed by atoms with E-state index in [0.29, 0.717) is 6.42 Å². The lowest BCUT2D eigenvalue weighted by Gasteiger charge is -1.97. The summed E-state index contributed by atoms with van der Waals surface area (Å²) in [7, 11) is 0. The Kier molecular flexibility index (Phi) is 2.91. The standard InChI is InChI=1S/C9H13NO2/c1-2-7-5-10-6-8(7)3-4-9(11)12/h5-6,10H,2-4H2,1H3,(H,11,12). The van der Waals surface area contributed by atoms with E-state index in [1.165, 1.54) is 5.56 Å². The number of H-pyrrole nitrogens is 1.